The SMILES string of the molecule is CCO.CCOC(=O)C1=C(N)N[C@@H](c2cccc(OC)c2)CC1.CCOC(=O)C1=C(OCC)N[C@@H](c2cccc(OC)c2)CC1.N. The van der Waals surface area contributed by atoms with Crippen molar-refractivity contribution >= 4 is 11.9 Å². The molecule has 8 N–H and O–H groups in total. The molecule has 0 spiro atoms. The Kier molecular flexibility index (Phi) is 18.4. The van der Waals surface area contributed by atoms with E-state index in [1.165, 1.54) is 0 Å². The molecule has 256 valence electrons. The van der Waals surface area contributed by atoms with Crippen LogP contribution in [0.4, 0.5) is 0 Å². The minimum Gasteiger partial charge on any atom is -0.497 e. The van der Waals surface area contributed by atoms with Crippen molar-refractivity contribution in [1.82, 2.24) is 16.8 Å². The van der Waals surface area contributed by atoms with Crippen LogP contribution in [0.2, 0.25) is 0 Å². The Labute approximate surface area is 272 Å². The summed E-state index contributed by atoms with van der Waals surface area (Å²) in [5.74, 6) is 1.92. The third kappa shape index (κ3) is 11.8. The van der Waals surface area contributed by atoms with Gasteiger partial charge in [-0.2, -0.15) is 0 Å². The van der Waals surface area contributed by atoms with Gasteiger partial charge < -0.3 is 51.3 Å². The topological polar surface area (TPSA) is 186 Å². The molecule has 0 aliphatic carbocycles. The molecule has 4 rings (SSSR count). The van der Waals surface area contributed by atoms with E-state index in [1.54, 1.807) is 35.0 Å². The summed E-state index contributed by atoms with van der Waals surface area (Å²) in [6.45, 7) is 8.62. The van der Waals surface area contributed by atoms with Gasteiger partial charge in [-0.3, -0.25) is 0 Å². The molecular weight excluding hydrogens is 592 g/mol. The second-order valence-corrected chi connectivity index (χ2v) is 9.91. The van der Waals surface area contributed by atoms with E-state index in [0.29, 0.717) is 55.5 Å². The van der Waals surface area contributed by atoms with Crippen molar-refractivity contribution in [3.63, 3.8) is 0 Å². The number of nitrogens with two attached hydrogens (primary N) is 1. The summed E-state index contributed by atoms with van der Waals surface area (Å²) in [4.78, 5) is 23.7. The second-order valence-electron chi connectivity index (χ2n) is 9.91. The fourth-order valence-corrected chi connectivity index (χ4v) is 4.82. The summed E-state index contributed by atoms with van der Waals surface area (Å²) in [7, 11) is 3.29. The summed E-state index contributed by atoms with van der Waals surface area (Å²) in [5, 5.41) is 14.1. The lowest BCUT2D eigenvalue weighted by molar-refractivity contribution is -0.140. The highest BCUT2D eigenvalue weighted by atomic mass is 16.5. The molecule has 46 heavy (non-hydrogen) atoms. The van der Waals surface area contributed by atoms with Crippen LogP contribution in [0.1, 0.15) is 76.6 Å². The van der Waals surface area contributed by atoms with Gasteiger partial charge in [0.15, 0.2) is 5.88 Å². The summed E-state index contributed by atoms with van der Waals surface area (Å²) in [6, 6.07) is 15.9. The molecule has 0 saturated carbocycles. The number of aliphatic hydroxyl groups excluding tert-OH is 1. The summed E-state index contributed by atoms with van der Waals surface area (Å²) in [5.41, 5.74) is 9.27. The zero-order chi connectivity index (χ0) is 33.2. The molecule has 2 heterocycles. The predicted molar refractivity (Wildman–Crippen MR) is 177 cm³/mol. The number of ether oxygens (including phenoxy) is 5. The maximum atomic E-state index is 12.0. The Hall–Kier alpha value is -4.42. The molecule has 2 aliphatic heterocycles. The van der Waals surface area contributed by atoms with Crippen LogP contribution in [-0.4, -0.2) is 57.7 Å². The number of aliphatic hydroxyl groups is 1. The molecule has 12 nitrogen and oxygen atoms in total. The largest absolute Gasteiger partial charge is 0.497 e. The lowest BCUT2D eigenvalue weighted by Gasteiger charge is -2.28. The van der Waals surface area contributed by atoms with E-state index in [2.05, 4.69) is 10.6 Å². The van der Waals surface area contributed by atoms with Crippen LogP contribution in [0.3, 0.4) is 0 Å². The molecule has 2 aromatic carbocycles. The maximum Gasteiger partial charge on any atom is 0.339 e. The number of rotatable bonds is 10. The quantitative estimate of drug-likeness (QED) is 0.220. The molecule has 0 saturated heterocycles. The average molecular weight is 645 g/mol. The fourth-order valence-electron chi connectivity index (χ4n) is 4.82. The third-order valence-electron chi connectivity index (χ3n) is 6.92. The Bertz CT molecular complexity index is 1300. The van der Waals surface area contributed by atoms with Crippen LogP contribution >= 0.6 is 0 Å². The molecule has 0 fully saturated rings. The van der Waals surface area contributed by atoms with E-state index in [1.807, 2.05) is 55.5 Å². The molecule has 0 radical (unpaired) electrons. The van der Waals surface area contributed by atoms with E-state index in [4.69, 9.17) is 34.5 Å². The van der Waals surface area contributed by atoms with Gasteiger partial charge >= 0.3 is 11.9 Å². The molecule has 0 unspecified atom stereocenters. The molecule has 0 aromatic heterocycles. The highest BCUT2D eigenvalue weighted by molar-refractivity contribution is 5.89. The lowest BCUT2D eigenvalue weighted by Crippen LogP contribution is -2.33. The lowest BCUT2D eigenvalue weighted by atomic mass is 9.95. The van der Waals surface area contributed by atoms with Crippen LogP contribution < -0.4 is 32.0 Å². The number of benzene rings is 2. The van der Waals surface area contributed by atoms with Crippen LogP contribution in [-0.2, 0) is 23.8 Å². The average Bonchev–Trinajstić information content (AvgIpc) is 3.05. The van der Waals surface area contributed by atoms with Crippen molar-refractivity contribution in [2.75, 3.05) is 40.6 Å². The first kappa shape index (κ1) is 39.6. The first-order valence-electron chi connectivity index (χ1n) is 15.4. The summed E-state index contributed by atoms with van der Waals surface area (Å²) >= 11 is 0. The van der Waals surface area contributed by atoms with Gasteiger partial charge in [-0.25, -0.2) is 9.59 Å². The molecule has 0 amide bonds. The number of carbonyl (C=O) groups is 2. The Morgan fingerprint density at radius 1 is 0.783 bits per heavy atom. The number of hydrogen-bond donors (Lipinski definition) is 5. The molecule has 2 aliphatic rings. The Balaban J connectivity index is 0.000000417. The zero-order valence-electron chi connectivity index (χ0n) is 28.0. The number of carbonyl (C=O) groups excluding carboxylic acids is 2. The number of nitrogens with one attached hydrogen (secondary N) is 2. The van der Waals surface area contributed by atoms with Crippen molar-refractivity contribution in [3.05, 3.63) is 82.5 Å². The van der Waals surface area contributed by atoms with Crippen molar-refractivity contribution in [1.29, 1.82) is 0 Å². The van der Waals surface area contributed by atoms with Crippen LogP contribution in [0.25, 0.3) is 0 Å². The molecule has 12 heteroatoms. The van der Waals surface area contributed by atoms with Gasteiger partial charge in [0.25, 0.3) is 0 Å². The summed E-state index contributed by atoms with van der Waals surface area (Å²) in [6.07, 6.45) is 2.84. The minimum atomic E-state index is -0.332. The maximum absolute atomic E-state index is 12.0. The first-order chi connectivity index (χ1) is 21.8. The van der Waals surface area contributed by atoms with Crippen molar-refractivity contribution in [2.45, 2.75) is 65.5 Å². The van der Waals surface area contributed by atoms with E-state index < -0.39 is 0 Å². The van der Waals surface area contributed by atoms with Crippen molar-refractivity contribution in [3.8, 4) is 11.5 Å². The fraction of sp³-hybridized carbons (Fsp3) is 0.471. The molecule has 2 aromatic rings. The molecular formula is C34H52N4O8. The smallest absolute Gasteiger partial charge is 0.339 e. The first-order valence-corrected chi connectivity index (χ1v) is 15.4. The normalized spacial score (nSPS) is 16.8. The van der Waals surface area contributed by atoms with Gasteiger partial charge in [-0.15, -0.1) is 0 Å². The standard InChI is InChI=1S/C17H23NO4.C15H20N2O3.C2H6O.H3N/c1-4-21-16-14(17(19)22-5-2)9-10-15(18-16)12-7-6-8-13(11-12)20-3;1-3-20-15(18)12-7-8-13(17-14(12)16)10-5-4-6-11(9-10)19-2;1-2-3;/h6-8,11,15,18H,4-5,9-10H2,1-3H3;4-6,9,13,17H,3,7-8,16H2,1-2H3;3H,2H2,1H3;1H3/t15-;13-;;/m11../s1. The molecule has 0 bridgehead atoms. The number of esters is 2. The van der Waals surface area contributed by atoms with Crippen molar-refractivity contribution in [2.24, 2.45) is 5.73 Å². The second kappa shape index (κ2) is 21.3. The Morgan fingerprint density at radius 3 is 1.67 bits per heavy atom. The zero-order valence-corrected chi connectivity index (χ0v) is 28.0. The van der Waals surface area contributed by atoms with Gasteiger partial charge in [0.2, 0.25) is 0 Å². The van der Waals surface area contributed by atoms with Crippen molar-refractivity contribution < 1.29 is 38.4 Å². The van der Waals surface area contributed by atoms with E-state index in [0.717, 1.165) is 35.5 Å². The number of hydrogen-bond acceptors (Lipinski definition) is 12. The third-order valence-corrected chi connectivity index (χ3v) is 6.92. The van der Waals surface area contributed by atoms with E-state index in [9.17, 15) is 9.59 Å². The predicted octanol–water partition coefficient (Wildman–Crippen LogP) is 4.94. The number of methoxy groups -OCH3 is 2. The molecule has 2 atom stereocenters. The highest BCUT2D eigenvalue weighted by Crippen LogP contribution is 2.31. The van der Waals surface area contributed by atoms with Gasteiger partial charge in [-0.1, -0.05) is 24.3 Å². The van der Waals surface area contributed by atoms with Gasteiger partial charge in [0.1, 0.15) is 17.3 Å². The van der Waals surface area contributed by atoms with Crippen LogP contribution in [0.15, 0.2) is 71.4 Å². The van der Waals surface area contributed by atoms with E-state index in [-0.39, 0.29) is 36.8 Å². The van der Waals surface area contributed by atoms with Crippen LogP contribution in [0, 0.1) is 0 Å². The van der Waals surface area contributed by atoms with Gasteiger partial charge in [0, 0.05) is 6.61 Å². The summed E-state index contributed by atoms with van der Waals surface area (Å²) < 4.78 is 26.2. The van der Waals surface area contributed by atoms with Gasteiger partial charge in [0.05, 0.1) is 57.3 Å². The van der Waals surface area contributed by atoms with Crippen LogP contribution in [0.5, 0.6) is 11.5 Å². The minimum absolute atomic E-state index is 0. The van der Waals surface area contributed by atoms with Gasteiger partial charge in [-0.05, 0) is 88.8 Å². The Morgan fingerprint density at radius 2 is 1.24 bits per heavy atom. The highest BCUT2D eigenvalue weighted by Gasteiger charge is 2.28. The monoisotopic (exact) mass is 644 g/mol. The van der Waals surface area contributed by atoms with E-state index >= 15 is 0 Å².